The van der Waals surface area contributed by atoms with Crippen LogP contribution < -0.4 is 4.72 Å². The van der Waals surface area contributed by atoms with Crippen LogP contribution in [0.3, 0.4) is 0 Å². The van der Waals surface area contributed by atoms with Gasteiger partial charge in [-0.2, -0.15) is 0 Å². The molecule has 2 N–H and O–H groups in total. The molecular weight excluding hydrogens is 293 g/mol. The summed E-state index contributed by atoms with van der Waals surface area (Å²) in [4.78, 5) is -0.384. The molecule has 21 heavy (non-hydrogen) atoms. The van der Waals surface area contributed by atoms with E-state index in [0.29, 0.717) is 11.5 Å². The molecule has 2 rings (SSSR count). The monoisotopic (exact) mass is 311 g/mol. The van der Waals surface area contributed by atoms with Crippen LogP contribution in [0.25, 0.3) is 0 Å². The third kappa shape index (κ3) is 3.82. The Kier molecular flexibility index (Phi) is 4.38. The van der Waals surface area contributed by atoms with Crippen LogP contribution in [0.15, 0.2) is 23.1 Å². The molecule has 0 aromatic heterocycles. The van der Waals surface area contributed by atoms with Crippen molar-refractivity contribution in [2.24, 2.45) is 5.92 Å². The lowest BCUT2D eigenvalue weighted by molar-refractivity contribution is 0.350. The van der Waals surface area contributed by atoms with Crippen molar-refractivity contribution in [1.29, 1.82) is 0 Å². The van der Waals surface area contributed by atoms with Crippen molar-refractivity contribution >= 4 is 10.0 Å². The van der Waals surface area contributed by atoms with Gasteiger partial charge in [0.2, 0.25) is 10.0 Å². The Bertz CT molecular complexity index is 697. The Morgan fingerprint density at radius 2 is 2.10 bits per heavy atom. The average Bonchev–Trinajstić information content (AvgIpc) is 3.19. The highest BCUT2D eigenvalue weighted by molar-refractivity contribution is 7.89. The molecule has 1 saturated carbocycles. The minimum absolute atomic E-state index is 0.296. The maximum atomic E-state index is 14.0. The van der Waals surface area contributed by atoms with E-state index in [9.17, 15) is 12.8 Å². The van der Waals surface area contributed by atoms with Gasteiger partial charge in [-0.1, -0.05) is 11.8 Å². The molecule has 1 aliphatic carbocycles. The molecule has 6 heteroatoms. The van der Waals surface area contributed by atoms with Crippen molar-refractivity contribution < 1.29 is 17.9 Å². The van der Waals surface area contributed by atoms with Gasteiger partial charge in [0.1, 0.15) is 17.3 Å². The standard InChI is InChI=1S/C15H18FNO3S/c1-15(2,12-6-7-12)17-21(19,20)14-8-5-11(4-3-9-18)10-13(14)16/h5,8,10,12,17-18H,6-7,9H2,1-2H3. The Morgan fingerprint density at radius 3 is 2.62 bits per heavy atom. The Hall–Kier alpha value is -1.42. The molecule has 0 bridgehead atoms. The lowest BCUT2D eigenvalue weighted by Gasteiger charge is -2.25. The summed E-state index contributed by atoms with van der Waals surface area (Å²) in [6.45, 7) is 3.28. The largest absolute Gasteiger partial charge is 0.384 e. The van der Waals surface area contributed by atoms with Crippen molar-refractivity contribution in [3.8, 4) is 11.8 Å². The third-order valence-corrected chi connectivity index (χ3v) is 5.23. The fraction of sp³-hybridized carbons (Fsp3) is 0.467. The zero-order valence-corrected chi connectivity index (χ0v) is 12.8. The molecular formula is C15H18FNO3S. The number of aliphatic hydroxyl groups is 1. The van der Waals surface area contributed by atoms with Crippen LogP contribution in [-0.2, 0) is 10.0 Å². The van der Waals surface area contributed by atoms with E-state index in [1.54, 1.807) is 13.8 Å². The van der Waals surface area contributed by atoms with Gasteiger partial charge in [-0.25, -0.2) is 17.5 Å². The molecule has 0 radical (unpaired) electrons. The van der Waals surface area contributed by atoms with Crippen molar-refractivity contribution in [2.45, 2.75) is 37.1 Å². The van der Waals surface area contributed by atoms with Crippen molar-refractivity contribution in [3.63, 3.8) is 0 Å². The predicted octanol–water partition coefficient (Wildman–Crippen LogP) is 1.64. The van der Waals surface area contributed by atoms with Crippen molar-refractivity contribution in [1.82, 2.24) is 4.72 Å². The van der Waals surface area contributed by atoms with Crippen LogP contribution in [0.2, 0.25) is 0 Å². The van der Waals surface area contributed by atoms with E-state index in [4.69, 9.17) is 5.11 Å². The summed E-state index contributed by atoms with van der Waals surface area (Å²) in [5, 5.41) is 8.59. The molecule has 0 amide bonds. The molecule has 1 aliphatic rings. The fourth-order valence-electron chi connectivity index (χ4n) is 2.23. The van der Waals surface area contributed by atoms with E-state index >= 15 is 0 Å². The molecule has 0 aliphatic heterocycles. The first-order valence-electron chi connectivity index (χ1n) is 6.69. The molecule has 1 fully saturated rings. The molecule has 0 saturated heterocycles. The van der Waals surface area contributed by atoms with Gasteiger partial charge in [-0.3, -0.25) is 0 Å². The molecule has 1 aromatic carbocycles. The molecule has 4 nitrogen and oxygen atoms in total. The summed E-state index contributed by atoms with van der Waals surface area (Å²) >= 11 is 0. The second kappa shape index (κ2) is 5.76. The van der Waals surface area contributed by atoms with Crippen LogP contribution in [-0.4, -0.2) is 25.7 Å². The van der Waals surface area contributed by atoms with Crippen LogP contribution in [0.1, 0.15) is 32.3 Å². The normalized spacial score (nSPS) is 15.4. The number of aliphatic hydroxyl groups excluding tert-OH is 1. The first-order valence-corrected chi connectivity index (χ1v) is 8.18. The van der Waals surface area contributed by atoms with Gasteiger partial charge in [-0.15, -0.1) is 0 Å². The van der Waals surface area contributed by atoms with E-state index in [2.05, 4.69) is 16.6 Å². The summed E-state index contributed by atoms with van der Waals surface area (Å²) in [5.74, 6) is 4.37. The number of benzene rings is 1. The Labute approximate surface area is 124 Å². The van der Waals surface area contributed by atoms with E-state index in [1.807, 2.05) is 0 Å². The van der Waals surface area contributed by atoms with Gasteiger partial charge < -0.3 is 5.11 Å². The molecule has 0 unspecified atom stereocenters. The van der Waals surface area contributed by atoms with Gasteiger partial charge in [0.15, 0.2) is 0 Å². The second-order valence-corrected chi connectivity index (χ2v) is 7.36. The fourth-order valence-corrected chi connectivity index (χ4v) is 3.76. The zero-order valence-electron chi connectivity index (χ0n) is 12.0. The van der Waals surface area contributed by atoms with E-state index in [0.717, 1.165) is 18.9 Å². The number of hydrogen-bond donors (Lipinski definition) is 2. The number of halogens is 1. The average molecular weight is 311 g/mol. The highest BCUT2D eigenvalue weighted by Gasteiger charge is 2.41. The van der Waals surface area contributed by atoms with E-state index in [-0.39, 0.29) is 11.5 Å². The maximum Gasteiger partial charge on any atom is 0.243 e. The molecule has 1 aromatic rings. The lowest BCUT2D eigenvalue weighted by atomic mass is 10.0. The summed E-state index contributed by atoms with van der Waals surface area (Å²) in [5.41, 5.74) is -0.261. The van der Waals surface area contributed by atoms with Gasteiger partial charge in [0.25, 0.3) is 0 Å². The first kappa shape index (κ1) is 16.0. The van der Waals surface area contributed by atoms with Crippen LogP contribution in [0, 0.1) is 23.6 Å². The minimum Gasteiger partial charge on any atom is -0.384 e. The highest BCUT2D eigenvalue weighted by atomic mass is 32.2. The molecule has 0 atom stereocenters. The minimum atomic E-state index is -3.91. The summed E-state index contributed by atoms with van der Waals surface area (Å²) in [7, 11) is -3.91. The first-order chi connectivity index (χ1) is 9.76. The zero-order chi connectivity index (χ0) is 15.7. The van der Waals surface area contributed by atoms with Crippen LogP contribution >= 0.6 is 0 Å². The van der Waals surface area contributed by atoms with Crippen LogP contribution in [0.5, 0.6) is 0 Å². The topological polar surface area (TPSA) is 66.4 Å². The number of rotatable bonds is 4. The molecule has 0 spiro atoms. The van der Waals surface area contributed by atoms with E-state index in [1.165, 1.54) is 12.1 Å². The predicted molar refractivity (Wildman–Crippen MR) is 77.5 cm³/mol. The smallest absolute Gasteiger partial charge is 0.243 e. The quantitative estimate of drug-likeness (QED) is 0.831. The Morgan fingerprint density at radius 1 is 1.43 bits per heavy atom. The van der Waals surface area contributed by atoms with Gasteiger partial charge in [0, 0.05) is 11.1 Å². The summed E-state index contributed by atoms with van der Waals surface area (Å²) in [6.07, 6.45) is 1.96. The Balaban J connectivity index is 2.28. The van der Waals surface area contributed by atoms with Gasteiger partial charge >= 0.3 is 0 Å². The highest BCUT2D eigenvalue weighted by Crippen LogP contribution is 2.40. The van der Waals surface area contributed by atoms with E-state index < -0.39 is 21.4 Å². The van der Waals surface area contributed by atoms with Gasteiger partial charge in [-0.05, 0) is 50.8 Å². The lowest BCUT2D eigenvalue weighted by Crippen LogP contribution is -2.45. The number of sulfonamides is 1. The number of nitrogens with one attached hydrogen (secondary N) is 1. The second-order valence-electron chi connectivity index (χ2n) is 5.71. The molecule has 114 valence electrons. The molecule has 0 heterocycles. The van der Waals surface area contributed by atoms with Gasteiger partial charge in [0.05, 0.1) is 0 Å². The van der Waals surface area contributed by atoms with Crippen molar-refractivity contribution in [3.05, 3.63) is 29.6 Å². The summed E-state index contributed by atoms with van der Waals surface area (Å²) in [6, 6.07) is 3.67. The number of hydrogen-bond acceptors (Lipinski definition) is 3. The third-order valence-electron chi connectivity index (χ3n) is 3.53. The SMILES string of the molecule is CC(C)(NS(=O)(=O)c1ccc(C#CCO)cc1F)C1CC1. The maximum absolute atomic E-state index is 14.0. The summed E-state index contributed by atoms with van der Waals surface area (Å²) < 4.78 is 41.2. The van der Waals surface area contributed by atoms with Crippen molar-refractivity contribution in [2.75, 3.05) is 6.61 Å². The van der Waals surface area contributed by atoms with Crippen LogP contribution in [0.4, 0.5) is 4.39 Å².